The van der Waals surface area contributed by atoms with Crippen molar-refractivity contribution in [2.75, 3.05) is 40.0 Å². The molecule has 1 fully saturated rings. The average Bonchev–Trinajstić information content (AvgIpc) is 2.95. The minimum atomic E-state index is -0.648. The molecule has 0 radical (unpaired) electrons. The topological polar surface area (TPSA) is 122 Å². The Kier molecular flexibility index (Phi) is 9.80. The van der Waals surface area contributed by atoms with Crippen LogP contribution < -0.4 is 25.0 Å². The molecule has 1 atom stereocenters. The van der Waals surface area contributed by atoms with E-state index in [1.54, 1.807) is 48.4 Å². The largest absolute Gasteiger partial charge is 0.497 e. The van der Waals surface area contributed by atoms with Crippen LogP contribution in [0.15, 0.2) is 47.6 Å². The molecule has 1 saturated heterocycles. The van der Waals surface area contributed by atoms with Crippen LogP contribution in [0.4, 0.5) is 0 Å². The molecule has 3 N–H and O–H groups in total. The van der Waals surface area contributed by atoms with E-state index in [1.165, 1.54) is 0 Å². The molecule has 0 spiro atoms. The van der Waals surface area contributed by atoms with Crippen molar-refractivity contribution in [2.24, 2.45) is 5.10 Å². The zero-order valence-electron chi connectivity index (χ0n) is 21.3. The average molecular weight is 545 g/mol. The Labute approximate surface area is 226 Å². The van der Waals surface area contributed by atoms with Crippen LogP contribution in [0.3, 0.4) is 0 Å². The molecular weight excluding hydrogens is 512 g/mol. The number of nitrogens with one attached hydrogen (secondary N) is 2. The number of carbonyl (C=O) groups is 2. The molecule has 2 amide bonds. The summed E-state index contributed by atoms with van der Waals surface area (Å²) in [6.45, 7) is 1.70. The van der Waals surface area contributed by atoms with Crippen molar-refractivity contribution in [3.8, 4) is 17.2 Å². The van der Waals surface area contributed by atoms with Crippen LogP contribution in [-0.2, 0) is 9.59 Å². The number of hydrazone groups is 1. The molecule has 2 aliphatic rings. The highest BCUT2D eigenvalue weighted by Crippen LogP contribution is 2.27. The highest BCUT2D eigenvalue weighted by Gasteiger charge is 2.24. The second kappa shape index (κ2) is 13.5. The Morgan fingerprint density at radius 3 is 2.55 bits per heavy atom. The van der Waals surface area contributed by atoms with E-state index in [0.717, 1.165) is 29.9 Å². The van der Waals surface area contributed by atoms with Gasteiger partial charge in [0.25, 0.3) is 5.91 Å². The highest BCUT2D eigenvalue weighted by atomic mass is 35.5. The van der Waals surface area contributed by atoms with Gasteiger partial charge in [-0.1, -0.05) is 11.6 Å². The first-order valence-corrected chi connectivity index (χ1v) is 13.0. The van der Waals surface area contributed by atoms with Crippen LogP contribution in [0.2, 0.25) is 5.02 Å². The fraction of sp³-hybridized carbons (Fsp3) is 0.444. The van der Waals surface area contributed by atoms with Crippen LogP contribution in [0, 0.1) is 0 Å². The Balaban J connectivity index is 1.14. The van der Waals surface area contributed by atoms with Gasteiger partial charge in [-0.3, -0.25) is 9.59 Å². The summed E-state index contributed by atoms with van der Waals surface area (Å²) < 4.78 is 16.4. The predicted octanol–water partition coefficient (Wildman–Crippen LogP) is 2.36. The van der Waals surface area contributed by atoms with Crippen molar-refractivity contribution >= 4 is 29.1 Å². The summed E-state index contributed by atoms with van der Waals surface area (Å²) >= 11 is 6.36. The van der Waals surface area contributed by atoms with Crippen molar-refractivity contribution in [3.63, 3.8) is 0 Å². The van der Waals surface area contributed by atoms with Crippen LogP contribution >= 0.6 is 11.6 Å². The number of hydrogen-bond donors (Lipinski definition) is 3. The number of likely N-dealkylation sites (tertiary alicyclic amines) is 1. The molecule has 1 unspecified atom stereocenters. The number of methoxy groups -OCH3 is 1. The van der Waals surface area contributed by atoms with Gasteiger partial charge in [0.05, 0.1) is 17.8 Å². The molecule has 11 heteroatoms. The zero-order chi connectivity index (χ0) is 26.9. The second-order valence-electron chi connectivity index (χ2n) is 9.23. The first-order valence-electron chi connectivity index (χ1n) is 12.7. The van der Waals surface area contributed by atoms with Gasteiger partial charge in [-0.2, -0.15) is 5.10 Å². The van der Waals surface area contributed by atoms with Crippen LogP contribution in [0.5, 0.6) is 17.2 Å². The molecule has 4 rings (SSSR count). The monoisotopic (exact) mass is 544 g/mol. The van der Waals surface area contributed by atoms with E-state index in [9.17, 15) is 14.7 Å². The maximum absolute atomic E-state index is 12.7. The number of amides is 2. The molecule has 0 saturated carbocycles. The molecule has 2 aliphatic heterocycles. The number of aliphatic hydroxyl groups excluding tert-OH is 1. The molecular formula is C27H33ClN4O6. The molecule has 38 heavy (non-hydrogen) atoms. The van der Waals surface area contributed by atoms with E-state index in [2.05, 4.69) is 15.8 Å². The number of carbonyl (C=O) groups excluding carboxylic acids is 2. The predicted molar refractivity (Wildman–Crippen MR) is 143 cm³/mol. The maximum atomic E-state index is 12.7. The number of ether oxygens (including phenoxy) is 3. The van der Waals surface area contributed by atoms with E-state index >= 15 is 0 Å². The minimum absolute atomic E-state index is 0.101. The van der Waals surface area contributed by atoms with Crippen molar-refractivity contribution in [2.45, 2.75) is 37.8 Å². The fourth-order valence-electron chi connectivity index (χ4n) is 4.27. The van der Waals surface area contributed by atoms with E-state index in [4.69, 9.17) is 25.8 Å². The Morgan fingerprint density at radius 1 is 1.16 bits per heavy atom. The van der Waals surface area contributed by atoms with Gasteiger partial charge in [-0.15, -0.1) is 0 Å². The lowest BCUT2D eigenvalue weighted by atomic mass is 10.0. The van der Waals surface area contributed by atoms with Gasteiger partial charge in [0.2, 0.25) is 5.91 Å². The van der Waals surface area contributed by atoms with Crippen molar-refractivity contribution < 1.29 is 28.9 Å². The van der Waals surface area contributed by atoms with Gasteiger partial charge in [0.15, 0.2) is 6.61 Å². The third-order valence-electron chi connectivity index (χ3n) is 6.51. The summed E-state index contributed by atoms with van der Waals surface area (Å²) in [5.41, 5.74) is 4.03. The van der Waals surface area contributed by atoms with Crippen LogP contribution in [0.25, 0.3) is 0 Å². The van der Waals surface area contributed by atoms with Gasteiger partial charge in [0.1, 0.15) is 30.0 Å². The molecule has 0 bridgehead atoms. The number of rotatable bonds is 11. The summed E-state index contributed by atoms with van der Waals surface area (Å²) in [4.78, 5) is 25.7. The summed E-state index contributed by atoms with van der Waals surface area (Å²) in [6, 6.07) is 12.7. The summed E-state index contributed by atoms with van der Waals surface area (Å²) in [5, 5.41) is 18.1. The van der Waals surface area contributed by atoms with Gasteiger partial charge < -0.3 is 29.5 Å². The number of halogens is 1. The SMILES string of the molecule is COc1ccc(OCC(O)CNC2CCN(C(=O)COc3ccc(C4=NNC(=O)CC4)cc3Cl)CC2)cc1. The van der Waals surface area contributed by atoms with Gasteiger partial charge in [-0.25, -0.2) is 5.43 Å². The van der Waals surface area contributed by atoms with E-state index in [0.29, 0.717) is 49.0 Å². The molecule has 0 aromatic heterocycles. The standard InChI is InChI=1S/C27H33ClN4O6/c1-36-21-3-5-22(6-4-21)37-16-20(33)15-29-19-10-12-32(13-11-19)27(35)17-38-25-8-2-18(14-23(25)28)24-7-9-26(34)31-30-24/h2-6,8,14,19-20,29,33H,7,9-13,15-17H2,1H3,(H,31,34). The number of piperidine rings is 1. The second-order valence-corrected chi connectivity index (χ2v) is 9.64. The first kappa shape index (κ1) is 27.7. The third-order valence-corrected chi connectivity index (χ3v) is 6.81. The van der Waals surface area contributed by atoms with Gasteiger partial charge in [0, 0.05) is 38.5 Å². The lowest BCUT2D eigenvalue weighted by Gasteiger charge is -2.33. The van der Waals surface area contributed by atoms with Crippen molar-refractivity contribution in [1.82, 2.24) is 15.6 Å². The number of hydrogen-bond acceptors (Lipinski definition) is 8. The quantitative estimate of drug-likeness (QED) is 0.397. The molecule has 2 aromatic carbocycles. The van der Waals surface area contributed by atoms with E-state index < -0.39 is 6.10 Å². The first-order chi connectivity index (χ1) is 18.4. The number of benzene rings is 2. The van der Waals surface area contributed by atoms with Crippen LogP contribution in [0.1, 0.15) is 31.2 Å². The summed E-state index contributed by atoms with van der Waals surface area (Å²) in [7, 11) is 1.61. The maximum Gasteiger partial charge on any atom is 0.260 e. The molecule has 2 aromatic rings. The van der Waals surface area contributed by atoms with Crippen LogP contribution in [-0.4, -0.2) is 79.6 Å². The molecule has 0 aliphatic carbocycles. The molecule has 204 valence electrons. The fourth-order valence-corrected chi connectivity index (χ4v) is 4.50. The number of nitrogens with zero attached hydrogens (tertiary/aromatic N) is 2. The van der Waals surface area contributed by atoms with E-state index in [-0.39, 0.29) is 31.1 Å². The smallest absolute Gasteiger partial charge is 0.260 e. The van der Waals surface area contributed by atoms with Crippen molar-refractivity contribution in [3.05, 3.63) is 53.1 Å². The number of aliphatic hydroxyl groups is 1. The molecule has 2 heterocycles. The molecule has 10 nitrogen and oxygen atoms in total. The Hall–Kier alpha value is -3.34. The third kappa shape index (κ3) is 7.83. The highest BCUT2D eigenvalue weighted by molar-refractivity contribution is 6.32. The Bertz CT molecular complexity index is 1130. The summed E-state index contributed by atoms with van der Waals surface area (Å²) in [5.74, 6) is 1.64. The van der Waals surface area contributed by atoms with Gasteiger partial charge in [-0.05, 0) is 60.9 Å². The van der Waals surface area contributed by atoms with E-state index in [1.807, 2.05) is 6.07 Å². The van der Waals surface area contributed by atoms with Gasteiger partial charge >= 0.3 is 0 Å². The minimum Gasteiger partial charge on any atom is -0.497 e. The normalized spacial score (nSPS) is 16.9. The lowest BCUT2D eigenvalue weighted by molar-refractivity contribution is -0.134. The summed E-state index contributed by atoms with van der Waals surface area (Å²) in [6.07, 6.45) is 1.85. The Morgan fingerprint density at radius 2 is 1.89 bits per heavy atom. The zero-order valence-corrected chi connectivity index (χ0v) is 22.1. The van der Waals surface area contributed by atoms with Crippen molar-refractivity contribution in [1.29, 1.82) is 0 Å². The lowest BCUT2D eigenvalue weighted by Crippen LogP contribution is -2.48.